The number of nitrogens with zero attached hydrogens (tertiary/aromatic N) is 3. The number of ether oxygens (including phenoxy) is 2. The minimum atomic E-state index is -0.145. The van der Waals surface area contributed by atoms with Gasteiger partial charge in [-0.15, -0.1) is 0 Å². The maximum Gasteiger partial charge on any atom is 0.253 e. The lowest BCUT2D eigenvalue weighted by Crippen LogP contribution is -2.41. The zero-order chi connectivity index (χ0) is 22.1. The Morgan fingerprint density at radius 2 is 1.78 bits per heavy atom. The molecule has 2 amide bonds. The molecule has 3 heterocycles. The van der Waals surface area contributed by atoms with E-state index in [0.717, 1.165) is 5.56 Å². The van der Waals surface area contributed by atoms with Crippen LogP contribution in [-0.2, 0) is 4.79 Å². The van der Waals surface area contributed by atoms with Crippen molar-refractivity contribution in [3.05, 3.63) is 53.9 Å². The van der Waals surface area contributed by atoms with E-state index in [1.807, 2.05) is 12.1 Å². The van der Waals surface area contributed by atoms with Gasteiger partial charge < -0.3 is 24.2 Å². The highest BCUT2D eigenvalue weighted by Gasteiger charge is 2.28. The molecule has 2 aromatic carbocycles. The van der Waals surface area contributed by atoms with Crippen molar-refractivity contribution in [3.63, 3.8) is 0 Å². The molecule has 0 aliphatic carbocycles. The largest absolute Gasteiger partial charge is 0.454 e. The first-order valence-corrected chi connectivity index (χ1v) is 10.5. The maximum atomic E-state index is 12.9. The van der Waals surface area contributed by atoms with Crippen molar-refractivity contribution in [3.8, 4) is 22.9 Å². The first-order chi connectivity index (χ1) is 15.6. The number of fused-ring (bicyclic) bond motifs is 1. The fraction of sp³-hybridized carbons (Fsp3) is 0.304. The highest BCUT2D eigenvalue weighted by atomic mass is 16.7. The number of aryl methyl sites for hydroxylation is 1. The van der Waals surface area contributed by atoms with Gasteiger partial charge in [0.2, 0.25) is 24.4 Å². The molecule has 5 rings (SSSR count). The Balaban J connectivity index is 1.16. The quantitative estimate of drug-likeness (QED) is 0.672. The molecule has 3 aromatic rings. The Labute approximate surface area is 184 Å². The number of hydrogen-bond acceptors (Lipinski definition) is 7. The first kappa shape index (κ1) is 20.0. The van der Waals surface area contributed by atoms with Gasteiger partial charge in [-0.05, 0) is 37.1 Å². The highest BCUT2D eigenvalue weighted by Crippen LogP contribution is 2.34. The molecule has 0 atom stereocenters. The van der Waals surface area contributed by atoms with Crippen LogP contribution >= 0.6 is 0 Å². The summed E-state index contributed by atoms with van der Waals surface area (Å²) in [7, 11) is 0. The van der Waals surface area contributed by atoms with E-state index in [-0.39, 0.29) is 24.5 Å². The second-order valence-corrected chi connectivity index (χ2v) is 7.84. The molecule has 164 valence electrons. The van der Waals surface area contributed by atoms with Gasteiger partial charge in [0.25, 0.3) is 5.91 Å². The number of piperidine rings is 1. The summed E-state index contributed by atoms with van der Waals surface area (Å²) in [6.07, 6.45) is 1.23. The molecule has 0 bridgehead atoms. The lowest BCUT2D eigenvalue weighted by atomic mass is 9.95. The second kappa shape index (κ2) is 8.33. The average Bonchev–Trinajstić information content (AvgIpc) is 3.47. The van der Waals surface area contributed by atoms with Crippen molar-refractivity contribution in [2.45, 2.75) is 19.8 Å². The monoisotopic (exact) mass is 434 g/mol. The van der Waals surface area contributed by atoms with Crippen LogP contribution < -0.4 is 14.8 Å². The van der Waals surface area contributed by atoms with E-state index in [2.05, 4.69) is 15.5 Å². The number of aromatic nitrogens is 2. The van der Waals surface area contributed by atoms with Crippen LogP contribution in [0.2, 0.25) is 0 Å². The Hall–Kier alpha value is -3.88. The van der Waals surface area contributed by atoms with E-state index in [1.165, 1.54) is 0 Å². The van der Waals surface area contributed by atoms with Crippen LogP contribution in [-0.4, -0.2) is 46.7 Å². The van der Waals surface area contributed by atoms with Gasteiger partial charge in [0.05, 0.1) is 0 Å². The lowest BCUT2D eigenvalue weighted by Gasteiger charge is -2.31. The highest BCUT2D eigenvalue weighted by molar-refractivity contribution is 5.95. The number of carbonyl (C=O) groups is 2. The SMILES string of the molecule is Cc1nc(-c2ccc(C(=O)N3CCC(C(=O)Nc4ccc5c(c4)OCO5)CC3)cc2)no1. The number of amides is 2. The van der Waals surface area contributed by atoms with E-state index < -0.39 is 0 Å². The summed E-state index contributed by atoms with van der Waals surface area (Å²) in [6.45, 7) is 2.99. The molecule has 2 aliphatic rings. The van der Waals surface area contributed by atoms with Gasteiger partial charge in [-0.3, -0.25) is 9.59 Å². The average molecular weight is 434 g/mol. The van der Waals surface area contributed by atoms with Gasteiger partial charge in [-0.1, -0.05) is 17.3 Å². The van der Waals surface area contributed by atoms with Gasteiger partial charge in [-0.25, -0.2) is 0 Å². The van der Waals surface area contributed by atoms with Gasteiger partial charge >= 0.3 is 0 Å². The minimum Gasteiger partial charge on any atom is -0.454 e. The van der Waals surface area contributed by atoms with Crippen LogP contribution in [0, 0.1) is 12.8 Å². The summed E-state index contributed by atoms with van der Waals surface area (Å²) in [5.41, 5.74) is 2.06. The molecule has 2 aliphatic heterocycles. The number of benzene rings is 2. The molecule has 1 saturated heterocycles. The Morgan fingerprint density at radius 1 is 1.03 bits per heavy atom. The molecule has 1 N–H and O–H groups in total. The molecule has 0 saturated carbocycles. The molecule has 0 unspecified atom stereocenters. The number of carbonyl (C=O) groups excluding carboxylic acids is 2. The topological polar surface area (TPSA) is 107 Å². The van der Waals surface area contributed by atoms with Crippen LogP contribution in [0.25, 0.3) is 11.4 Å². The smallest absolute Gasteiger partial charge is 0.253 e. The summed E-state index contributed by atoms with van der Waals surface area (Å²) in [6, 6.07) is 12.5. The minimum absolute atomic E-state index is 0.0456. The Kier molecular flexibility index (Phi) is 5.22. The van der Waals surface area contributed by atoms with E-state index in [9.17, 15) is 9.59 Å². The number of anilines is 1. The van der Waals surface area contributed by atoms with Crippen molar-refractivity contribution in [1.29, 1.82) is 0 Å². The predicted molar refractivity (Wildman–Crippen MR) is 114 cm³/mol. The lowest BCUT2D eigenvalue weighted by molar-refractivity contribution is -0.121. The standard InChI is InChI=1S/C23H22N4O5/c1-14-24-21(26-32-14)15-2-4-17(5-3-15)23(29)27-10-8-16(9-11-27)22(28)25-18-6-7-19-20(12-18)31-13-30-19/h2-7,12,16H,8-11,13H2,1H3,(H,25,28). The summed E-state index contributed by atoms with van der Waals surface area (Å²) in [5, 5.41) is 6.83. The molecule has 9 nitrogen and oxygen atoms in total. The molecule has 1 aromatic heterocycles. The molecular weight excluding hydrogens is 412 g/mol. The van der Waals surface area contributed by atoms with E-state index in [4.69, 9.17) is 14.0 Å². The molecular formula is C23H22N4O5. The second-order valence-electron chi connectivity index (χ2n) is 7.84. The number of nitrogens with one attached hydrogen (secondary N) is 1. The number of likely N-dealkylation sites (tertiary alicyclic amines) is 1. The van der Waals surface area contributed by atoms with Gasteiger partial charge in [0, 0.05) is 48.8 Å². The number of hydrogen-bond donors (Lipinski definition) is 1. The first-order valence-electron chi connectivity index (χ1n) is 10.5. The molecule has 0 radical (unpaired) electrons. The predicted octanol–water partition coefficient (Wildman–Crippen LogP) is 3.26. The van der Waals surface area contributed by atoms with E-state index in [1.54, 1.807) is 42.2 Å². The summed E-state index contributed by atoms with van der Waals surface area (Å²) in [5.74, 6) is 2.06. The fourth-order valence-corrected chi connectivity index (χ4v) is 3.92. The van der Waals surface area contributed by atoms with Gasteiger partial charge in [0.15, 0.2) is 11.5 Å². The zero-order valence-electron chi connectivity index (χ0n) is 17.5. The van der Waals surface area contributed by atoms with Gasteiger partial charge in [-0.2, -0.15) is 4.98 Å². The van der Waals surface area contributed by atoms with Crippen molar-refractivity contribution < 1.29 is 23.6 Å². The van der Waals surface area contributed by atoms with Crippen molar-refractivity contribution in [2.75, 3.05) is 25.2 Å². The van der Waals surface area contributed by atoms with E-state index >= 15 is 0 Å². The zero-order valence-corrected chi connectivity index (χ0v) is 17.5. The Bertz CT molecular complexity index is 1150. The maximum absolute atomic E-state index is 12.9. The fourth-order valence-electron chi connectivity index (χ4n) is 3.92. The number of rotatable bonds is 4. The third kappa shape index (κ3) is 4.01. The third-order valence-electron chi connectivity index (χ3n) is 5.71. The normalized spacial score (nSPS) is 15.6. The van der Waals surface area contributed by atoms with Crippen molar-refractivity contribution in [2.24, 2.45) is 5.92 Å². The third-order valence-corrected chi connectivity index (χ3v) is 5.71. The van der Waals surface area contributed by atoms with Crippen LogP contribution in [0.4, 0.5) is 5.69 Å². The van der Waals surface area contributed by atoms with Crippen molar-refractivity contribution in [1.82, 2.24) is 15.0 Å². The van der Waals surface area contributed by atoms with Crippen LogP contribution in [0.15, 0.2) is 47.0 Å². The molecule has 9 heteroatoms. The summed E-state index contributed by atoms with van der Waals surface area (Å²) in [4.78, 5) is 31.5. The van der Waals surface area contributed by atoms with Crippen LogP contribution in [0.5, 0.6) is 11.5 Å². The van der Waals surface area contributed by atoms with Crippen molar-refractivity contribution >= 4 is 17.5 Å². The Morgan fingerprint density at radius 3 is 2.50 bits per heavy atom. The van der Waals surface area contributed by atoms with Crippen LogP contribution in [0.3, 0.4) is 0 Å². The van der Waals surface area contributed by atoms with Gasteiger partial charge in [0.1, 0.15) is 0 Å². The molecule has 32 heavy (non-hydrogen) atoms. The summed E-state index contributed by atoms with van der Waals surface area (Å²) >= 11 is 0. The van der Waals surface area contributed by atoms with E-state index in [0.29, 0.717) is 60.4 Å². The van der Waals surface area contributed by atoms with Crippen LogP contribution in [0.1, 0.15) is 29.1 Å². The molecule has 0 spiro atoms. The molecule has 1 fully saturated rings. The summed E-state index contributed by atoms with van der Waals surface area (Å²) < 4.78 is 15.6.